The Bertz CT molecular complexity index is 528. The fourth-order valence-corrected chi connectivity index (χ4v) is 3.64. The third kappa shape index (κ3) is 4.05. The maximum Gasteiger partial charge on any atom is 0.226 e. The number of ether oxygens (including phenoxy) is 1. The number of carbonyl (C=O) groups excluding carboxylic acids is 1. The fourth-order valence-electron chi connectivity index (χ4n) is 3.64. The summed E-state index contributed by atoms with van der Waals surface area (Å²) < 4.78 is 6.96. The Morgan fingerprint density at radius 3 is 2.87 bits per heavy atom. The van der Waals surface area contributed by atoms with E-state index in [0.29, 0.717) is 25.6 Å². The number of nitrogens with zero attached hydrogens (tertiary/aromatic N) is 3. The average molecular weight is 343 g/mol. The quantitative estimate of drug-likeness (QED) is 0.844. The van der Waals surface area contributed by atoms with Gasteiger partial charge in [0.2, 0.25) is 5.91 Å². The molecule has 1 saturated carbocycles. The van der Waals surface area contributed by atoms with Crippen molar-refractivity contribution in [2.24, 2.45) is 18.4 Å². The van der Waals surface area contributed by atoms with E-state index in [-0.39, 0.29) is 23.7 Å². The summed E-state index contributed by atoms with van der Waals surface area (Å²) in [6.45, 7) is 3.94. The summed E-state index contributed by atoms with van der Waals surface area (Å²) in [5.74, 6) is 0.505. The van der Waals surface area contributed by atoms with Gasteiger partial charge < -0.3 is 15.0 Å². The third-order valence-corrected chi connectivity index (χ3v) is 5.10. The fraction of sp³-hybridized carbons (Fsp3) is 0.750. The summed E-state index contributed by atoms with van der Waals surface area (Å²) in [4.78, 5) is 14.9. The van der Waals surface area contributed by atoms with Gasteiger partial charge in [-0.15, -0.1) is 12.4 Å². The summed E-state index contributed by atoms with van der Waals surface area (Å²) >= 11 is 0. The van der Waals surface area contributed by atoms with E-state index in [0.717, 1.165) is 37.9 Å². The van der Waals surface area contributed by atoms with Crippen molar-refractivity contribution < 1.29 is 9.53 Å². The van der Waals surface area contributed by atoms with Crippen LogP contribution in [0.15, 0.2) is 12.4 Å². The highest BCUT2D eigenvalue weighted by atomic mass is 35.5. The first-order valence-corrected chi connectivity index (χ1v) is 8.10. The Morgan fingerprint density at radius 2 is 2.26 bits per heavy atom. The highest BCUT2D eigenvalue weighted by Gasteiger charge is 2.58. The first-order chi connectivity index (χ1) is 10.6. The zero-order valence-electron chi connectivity index (χ0n) is 14.0. The molecule has 1 unspecified atom stereocenters. The first-order valence-electron chi connectivity index (χ1n) is 8.10. The molecular formula is C16H27ClN4O2. The monoisotopic (exact) mass is 342 g/mol. The van der Waals surface area contributed by atoms with Crippen LogP contribution in [0.3, 0.4) is 0 Å². The molecule has 2 aliphatic rings. The molecule has 23 heavy (non-hydrogen) atoms. The van der Waals surface area contributed by atoms with Gasteiger partial charge in [0.25, 0.3) is 0 Å². The lowest BCUT2D eigenvalue weighted by Crippen LogP contribution is -2.37. The lowest BCUT2D eigenvalue weighted by Gasteiger charge is -2.26. The van der Waals surface area contributed by atoms with Gasteiger partial charge in [-0.2, -0.15) is 5.10 Å². The first kappa shape index (κ1) is 18.2. The standard InChI is InChI=1S/C16H26N4O2.ClH/c1-19-11-13(10-18-19)12-20(7-8-22-2)15(21)14-9-16(14)3-5-17-6-4-16;/h10-11,14,17H,3-9,12H2,1-2H3;1H. The average Bonchev–Trinajstić information content (AvgIpc) is 3.04. The molecule has 1 aromatic heterocycles. The lowest BCUT2D eigenvalue weighted by atomic mass is 9.91. The molecule has 1 atom stereocenters. The Morgan fingerprint density at radius 1 is 1.52 bits per heavy atom. The second kappa shape index (κ2) is 7.64. The molecule has 1 aliphatic carbocycles. The molecule has 1 spiro atoms. The van der Waals surface area contributed by atoms with Crippen molar-refractivity contribution in [1.82, 2.24) is 20.0 Å². The molecule has 1 aliphatic heterocycles. The van der Waals surface area contributed by atoms with E-state index < -0.39 is 0 Å². The number of aryl methyl sites for hydroxylation is 1. The van der Waals surface area contributed by atoms with Gasteiger partial charge in [-0.25, -0.2) is 0 Å². The maximum absolute atomic E-state index is 12.9. The van der Waals surface area contributed by atoms with E-state index in [1.165, 1.54) is 0 Å². The SMILES string of the molecule is COCCN(Cc1cnn(C)c1)C(=O)C1CC12CCNCC2.Cl. The van der Waals surface area contributed by atoms with Crippen molar-refractivity contribution >= 4 is 18.3 Å². The minimum absolute atomic E-state index is 0. The second-order valence-electron chi connectivity index (χ2n) is 6.64. The van der Waals surface area contributed by atoms with Crippen LogP contribution in [0.5, 0.6) is 0 Å². The highest BCUT2D eigenvalue weighted by molar-refractivity contribution is 5.85. The van der Waals surface area contributed by atoms with Crippen molar-refractivity contribution in [3.8, 4) is 0 Å². The summed E-state index contributed by atoms with van der Waals surface area (Å²) in [6, 6.07) is 0. The van der Waals surface area contributed by atoms with E-state index in [9.17, 15) is 4.79 Å². The Balaban J connectivity index is 0.00000192. The van der Waals surface area contributed by atoms with Gasteiger partial charge in [-0.05, 0) is 37.8 Å². The van der Waals surface area contributed by atoms with E-state index in [1.807, 2.05) is 24.3 Å². The molecule has 3 rings (SSSR count). The second-order valence-corrected chi connectivity index (χ2v) is 6.64. The molecule has 2 fully saturated rings. The smallest absolute Gasteiger partial charge is 0.226 e. The van der Waals surface area contributed by atoms with Crippen molar-refractivity contribution in [2.45, 2.75) is 25.8 Å². The number of aromatic nitrogens is 2. The molecule has 2 heterocycles. The van der Waals surface area contributed by atoms with Gasteiger partial charge in [0, 0.05) is 44.9 Å². The van der Waals surface area contributed by atoms with Gasteiger partial charge in [0.15, 0.2) is 0 Å². The van der Waals surface area contributed by atoms with Crippen molar-refractivity contribution in [3.05, 3.63) is 18.0 Å². The normalized spacial score (nSPS) is 21.7. The molecule has 130 valence electrons. The van der Waals surface area contributed by atoms with Gasteiger partial charge in [0.05, 0.1) is 12.8 Å². The molecule has 1 amide bonds. The lowest BCUT2D eigenvalue weighted by molar-refractivity contribution is -0.135. The molecular weight excluding hydrogens is 316 g/mol. The zero-order chi connectivity index (χ0) is 15.6. The molecule has 1 N–H and O–H groups in total. The molecule has 1 aromatic rings. The van der Waals surface area contributed by atoms with Gasteiger partial charge in [-0.3, -0.25) is 9.48 Å². The topological polar surface area (TPSA) is 59.4 Å². The van der Waals surface area contributed by atoms with Crippen molar-refractivity contribution in [3.63, 3.8) is 0 Å². The molecule has 6 nitrogen and oxygen atoms in total. The number of piperidine rings is 1. The van der Waals surface area contributed by atoms with Crippen LogP contribution in [0.4, 0.5) is 0 Å². The van der Waals surface area contributed by atoms with Crippen LogP contribution < -0.4 is 5.32 Å². The van der Waals surface area contributed by atoms with Crippen LogP contribution in [-0.2, 0) is 23.1 Å². The van der Waals surface area contributed by atoms with Crippen LogP contribution in [0, 0.1) is 11.3 Å². The number of halogens is 1. The van der Waals surface area contributed by atoms with Crippen molar-refractivity contribution in [2.75, 3.05) is 33.4 Å². The number of nitrogens with one attached hydrogen (secondary N) is 1. The highest BCUT2D eigenvalue weighted by Crippen LogP contribution is 2.59. The summed E-state index contributed by atoms with van der Waals surface area (Å²) in [5, 5.41) is 7.58. The van der Waals surface area contributed by atoms with E-state index >= 15 is 0 Å². The number of carbonyl (C=O) groups is 1. The molecule has 0 radical (unpaired) electrons. The summed E-state index contributed by atoms with van der Waals surface area (Å²) in [6.07, 6.45) is 7.13. The van der Waals surface area contributed by atoms with E-state index in [4.69, 9.17) is 4.74 Å². The van der Waals surface area contributed by atoms with Crippen LogP contribution >= 0.6 is 12.4 Å². The minimum atomic E-state index is 0. The number of amides is 1. The predicted octanol–water partition coefficient (Wildman–Crippen LogP) is 1.21. The molecule has 1 saturated heterocycles. The van der Waals surface area contributed by atoms with E-state index in [1.54, 1.807) is 11.8 Å². The van der Waals surface area contributed by atoms with Gasteiger partial charge in [-0.1, -0.05) is 0 Å². The van der Waals surface area contributed by atoms with Gasteiger partial charge >= 0.3 is 0 Å². The van der Waals surface area contributed by atoms with Crippen LogP contribution in [-0.4, -0.2) is 53.9 Å². The zero-order valence-corrected chi connectivity index (χ0v) is 14.8. The Kier molecular flexibility index (Phi) is 6.06. The van der Waals surface area contributed by atoms with Gasteiger partial charge in [0.1, 0.15) is 0 Å². The number of methoxy groups -OCH3 is 1. The number of rotatable bonds is 6. The van der Waals surface area contributed by atoms with Crippen LogP contribution in [0.2, 0.25) is 0 Å². The third-order valence-electron chi connectivity index (χ3n) is 5.10. The van der Waals surface area contributed by atoms with Crippen LogP contribution in [0.1, 0.15) is 24.8 Å². The van der Waals surface area contributed by atoms with Crippen LogP contribution in [0.25, 0.3) is 0 Å². The summed E-state index contributed by atoms with van der Waals surface area (Å²) in [7, 11) is 3.58. The van der Waals surface area contributed by atoms with E-state index in [2.05, 4.69) is 10.4 Å². The maximum atomic E-state index is 12.9. The van der Waals surface area contributed by atoms with Crippen molar-refractivity contribution in [1.29, 1.82) is 0 Å². The Hall–Kier alpha value is -1.11. The molecule has 7 heteroatoms. The number of hydrogen-bond donors (Lipinski definition) is 1. The summed E-state index contributed by atoms with van der Waals surface area (Å²) in [5.41, 5.74) is 1.36. The Labute approximate surface area is 144 Å². The molecule has 0 aromatic carbocycles. The predicted molar refractivity (Wildman–Crippen MR) is 90.4 cm³/mol. The molecule has 0 bridgehead atoms. The minimum Gasteiger partial charge on any atom is -0.383 e. The largest absolute Gasteiger partial charge is 0.383 e. The number of hydrogen-bond acceptors (Lipinski definition) is 4.